The summed E-state index contributed by atoms with van der Waals surface area (Å²) < 4.78 is 19.6. The van der Waals surface area contributed by atoms with Gasteiger partial charge in [0.1, 0.15) is 23.6 Å². The summed E-state index contributed by atoms with van der Waals surface area (Å²) in [7, 11) is 1.56. The van der Waals surface area contributed by atoms with Crippen LogP contribution in [0.25, 0.3) is 16.7 Å². The Balaban J connectivity index is 1.31. The van der Waals surface area contributed by atoms with E-state index in [1.165, 1.54) is 4.90 Å². The topological polar surface area (TPSA) is 195 Å². The summed E-state index contributed by atoms with van der Waals surface area (Å²) in [5.74, 6) is -1.01. The van der Waals surface area contributed by atoms with E-state index >= 15 is 0 Å². The Morgan fingerprint density at radius 1 is 1.07 bits per heavy atom. The van der Waals surface area contributed by atoms with Gasteiger partial charge in [0.2, 0.25) is 17.5 Å². The number of fused-ring (bicyclic) bond motifs is 1. The predicted molar refractivity (Wildman–Crippen MR) is 197 cm³/mol. The number of methoxy groups -OCH3 is 1. The second-order valence-corrected chi connectivity index (χ2v) is 16.3. The van der Waals surface area contributed by atoms with Crippen molar-refractivity contribution in [3.63, 3.8) is 0 Å². The molecule has 4 N–H and O–H groups in total. The maximum Gasteiger partial charge on any atom is 0.410 e. The van der Waals surface area contributed by atoms with E-state index in [9.17, 15) is 24.0 Å². The van der Waals surface area contributed by atoms with Crippen molar-refractivity contribution in [2.75, 3.05) is 13.7 Å². The maximum absolute atomic E-state index is 14.5. The summed E-state index contributed by atoms with van der Waals surface area (Å²) in [4.78, 5) is 73.1. The molecule has 3 heterocycles. The molecule has 1 aliphatic heterocycles. The molecule has 0 spiro atoms. The van der Waals surface area contributed by atoms with Crippen LogP contribution in [0.4, 0.5) is 9.59 Å². The molecule has 290 valence electrons. The summed E-state index contributed by atoms with van der Waals surface area (Å²) >= 11 is 0. The summed E-state index contributed by atoms with van der Waals surface area (Å²) in [6.07, 6.45) is 2.55. The fourth-order valence-electron chi connectivity index (χ4n) is 6.93. The number of likely N-dealkylation sites (tertiary alicyclic amines) is 1. The summed E-state index contributed by atoms with van der Waals surface area (Å²) in [5, 5.41) is 16.5. The number of nitrogens with one attached hydrogen (secondary N) is 4. The fraction of sp³-hybridized carbons (Fsp3) is 0.553. The zero-order valence-electron chi connectivity index (χ0n) is 32.0. The highest BCUT2D eigenvalue weighted by Gasteiger charge is 2.64. The zero-order chi connectivity index (χ0) is 39.2. The van der Waals surface area contributed by atoms with Gasteiger partial charge in [0, 0.05) is 47.9 Å². The van der Waals surface area contributed by atoms with Crippen LogP contribution in [-0.2, 0) is 19.1 Å². The van der Waals surface area contributed by atoms with Crippen LogP contribution in [0.5, 0.6) is 11.5 Å². The van der Waals surface area contributed by atoms with E-state index in [1.807, 2.05) is 47.6 Å². The van der Waals surface area contributed by atoms with Gasteiger partial charge in [-0.25, -0.2) is 19.3 Å². The molecule has 54 heavy (non-hydrogen) atoms. The number of rotatable bonds is 11. The Hall–Kier alpha value is -5.25. The largest absolute Gasteiger partial charge is 0.497 e. The van der Waals surface area contributed by atoms with Gasteiger partial charge in [0.25, 0.3) is 0 Å². The molecular formula is C38H50N8O8. The molecule has 2 saturated carbocycles. The Morgan fingerprint density at radius 2 is 1.81 bits per heavy atom. The van der Waals surface area contributed by atoms with Crippen molar-refractivity contribution in [2.24, 2.45) is 11.3 Å². The molecule has 1 aromatic carbocycles. The van der Waals surface area contributed by atoms with E-state index in [1.54, 1.807) is 55.4 Å². The third kappa shape index (κ3) is 7.98. The number of carbonyl (C=O) groups excluding carboxylic acids is 5. The standard InChI is InChI=1S/C38H50N8O8/c1-9-25-30(47)32(48)38(25,42-21-11-12-21)44-35(51)54-29-18-23(20-45(29)33(49)31(36(2,3)4)41-34(50)43-37(5,6)7)53-27-19-28(46-16-10-15-39-46)40-26-17-22(52-8)13-14-24(26)27/h10,13-17,19,21,23,25,29,31,42H,9,11-12,18,20H2,1-8H3,(H,44,51)(H2,41,43,50)/t23-,25?,29+,31-,38+/m1/s1. The maximum atomic E-state index is 14.5. The van der Waals surface area contributed by atoms with Crippen molar-refractivity contribution >= 4 is 40.5 Å². The number of alkyl carbamates (subject to hydrolysis) is 1. The lowest BCUT2D eigenvalue weighted by molar-refractivity contribution is -0.159. The first-order valence-electron chi connectivity index (χ1n) is 18.3. The van der Waals surface area contributed by atoms with Gasteiger partial charge < -0.3 is 29.7 Å². The van der Waals surface area contributed by atoms with E-state index in [2.05, 4.69) is 26.4 Å². The number of hydrogen-bond donors (Lipinski definition) is 4. The van der Waals surface area contributed by atoms with Crippen LogP contribution in [0.3, 0.4) is 0 Å². The first kappa shape index (κ1) is 38.5. The van der Waals surface area contributed by atoms with Crippen LogP contribution in [-0.4, -0.2) is 98.5 Å². The van der Waals surface area contributed by atoms with Crippen LogP contribution < -0.4 is 30.7 Å². The van der Waals surface area contributed by atoms with E-state index < -0.39 is 70.5 Å². The number of nitrogens with zero attached hydrogens (tertiary/aromatic N) is 4. The van der Waals surface area contributed by atoms with Gasteiger partial charge in [-0.1, -0.05) is 27.7 Å². The highest BCUT2D eigenvalue weighted by molar-refractivity contribution is 6.49. The van der Waals surface area contributed by atoms with Crippen LogP contribution in [0.1, 0.15) is 74.1 Å². The molecule has 6 rings (SSSR count). The average molecular weight is 747 g/mol. The van der Waals surface area contributed by atoms with Crippen LogP contribution in [0.2, 0.25) is 0 Å². The number of benzene rings is 1. The van der Waals surface area contributed by atoms with Gasteiger partial charge in [0.05, 0.1) is 25.1 Å². The van der Waals surface area contributed by atoms with Gasteiger partial charge in [-0.05, 0) is 63.6 Å². The van der Waals surface area contributed by atoms with E-state index in [-0.39, 0.29) is 19.0 Å². The molecule has 5 atom stereocenters. The lowest BCUT2D eigenvalue weighted by Crippen LogP contribution is -2.79. The van der Waals surface area contributed by atoms with Crippen LogP contribution in [0, 0.1) is 11.3 Å². The molecule has 4 amide bonds. The van der Waals surface area contributed by atoms with Crippen LogP contribution in [0.15, 0.2) is 42.7 Å². The highest BCUT2D eigenvalue weighted by Crippen LogP contribution is 2.37. The highest BCUT2D eigenvalue weighted by atomic mass is 16.6. The number of aromatic nitrogens is 3. The summed E-state index contributed by atoms with van der Waals surface area (Å²) in [6.45, 7) is 12.7. The van der Waals surface area contributed by atoms with Crippen LogP contribution >= 0.6 is 0 Å². The molecule has 3 aliphatic rings. The predicted octanol–water partition coefficient (Wildman–Crippen LogP) is 3.60. The normalized spacial score (nSPS) is 23.4. The molecule has 1 unspecified atom stereocenters. The minimum Gasteiger partial charge on any atom is -0.497 e. The monoisotopic (exact) mass is 746 g/mol. The first-order valence-corrected chi connectivity index (χ1v) is 18.3. The number of urea groups is 1. The van der Waals surface area contributed by atoms with Gasteiger partial charge in [-0.3, -0.25) is 25.0 Å². The Morgan fingerprint density at radius 3 is 2.43 bits per heavy atom. The molecule has 3 aromatic rings. The number of hydrogen-bond acceptors (Lipinski definition) is 11. The summed E-state index contributed by atoms with van der Waals surface area (Å²) in [5.41, 5.74) is -2.34. The molecule has 0 bridgehead atoms. The van der Waals surface area contributed by atoms with Crippen molar-refractivity contribution in [2.45, 2.75) is 110 Å². The SMILES string of the molecule is CCC1C(=O)C(=O)[C@]1(NC(=O)O[C@H]1C[C@@H](Oc2cc(-n3cccn3)nc3cc(OC)ccc23)CN1C(=O)[C@@H](NC(=O)NC(C)(C)C)C(C)(C)C)NC1CC1. The number of ether oxygens (including phenoxy) is 3. The van der Waals surface area contributed by atoms with Crippen molar-refractivity contribution in [1.29, 1.82) is 0 Å². The van der Waals surface area contributed by atoms with Gasteiger partial charge in [-0.15, -0.1) is 0 Å². The van der Waals surface area contributed by atoms with Crippen molar-refractivity contribution < 1.29 is 38.2 Å². The quantitative estimate of drug-likeness (QED) is 0.165. The molecular weight excluding hydrogens is 696 g/mol. The minimum atomic E-state index is -1.59. The lowest BCUT2D eigenvalue weighted by atomic mass is 9.68. The first-order chi connectivity index (χ1) is 25.4. The molecule has 3 fully saturated rings. The van der Waals surface area contributed by atoms with Crippen molar-refractivity contribution in [3.8, 4) is 17.3 Å². The number of ketones is 2. The fourth-order valence-corrected chi connectivity index (χ4v) is 6.93. The Bertz CT molecular complexity index is 1930. The molecule has 2 aliphatic carbocycles. The summed E-state index contributed by atoms with van der Waals surface area (Å²) in [6, 6.07) is 7.31. The second kappa shape index (κ2) is 14.5. The van der Waals surface area contributed by atoms with Crippen molar-refractivity contribution in [3.05, 3.63) is 42.7 Å². The smallest absolute Gasteiger partial charge is 0.410 e. The third-order valence-corrected chi connectivity index (χ3v) is 9.75. The van der Waals surface area contributed by atoms with E-state index in [4.69, 9.17) is 19.2 Å². The Labute approximate surface area is 314 Å². The van der Waals surface area contributed by atoms with E-state index in [0.717, 1.165) is 12.8 Å². The van der Waals surface area contributed by atoms with E-state index in [0.29, 0.717) is 34.6 Å². The van der Waals surface area contributed by atoms with Crippen molar-refractivity contribution in [1.82, 2.24) is 40.9 Å². The molecule has 16 heteroatoms. The molecule has 0 radical (unpaired) electrons. The second-order valence-electron chi connectivity index (χ2n) is 16.3. The molecule has 1 saturated heterocycles. The Kier molecular flexibility index (Phi) is 10.4. The zero-order valence-corrected chi connectivity index (χ0v) is 32.0. The third-order valence-electron chi connectivity index (χ3n) is 9.75. The average Bonchev–Trinajstić information content (AvgIpc) is 3.56. The van der Waals surface area contributed by atoms with Gasteiger partial charge >= 0.3 is 12.1 Å². The van der Waals surface area contributed by atoms with Gasteiger partial charge in [0.15, 0.2) is 17.7 Å². The lowest BCUT2D eigenvalue weighted by Gasteiger charge is -2.46. The number of pyridine rings is 1. The number of Topliss-reactive ketones (excluding diaryl/α,β-unsaturated/α-hetero) is 2. The minimum absolute atomic E-state index is 0.0104. The number of amides is 4. The molecule has 16 nitrogen and oxygen atoms in total. The molecule has 2 aromatic heterocycles. The van der Waals surface area contributed by atoms with Gasteiger partial charge in [-0.2, -0.15) is 5.10 Å². The number of carbonyl (C=O) groups is 5.